The van der Waals surface area contributed by atoms with E-state index < -0.39 is 0 Å². The molecule has 0 bridgehead atoms. The predicted molar refractivity (Wildman–Crippen MR) is 96.1 cm³/mol. The molecule has 0 amide bonds. The normalized spacial score (nSPS) is 17.0. The highest BCUT2D eigenvalue weighted by atomic mass is 15.3. The average Bonchev–Trinajstić information content (AvgIpc) is 2.63. The van der Waals surface area contributed by atoms with E-state index in [1.807, 2.05) is 30.3 Å². The van der Waals surface area contributed by atoms with Gasteiger partial charge in [-0.3, -0.25) is 10.3 Å². The molecule has 1 aliphatic heterocycles. The van der Waals surface area contributed by atoms with Crippen LogP contribution in [0.5, 0.6) is 0 Å². The Balaban J connectivity index is 1.52. The smallest absolute Gasteiger partial charge is 0.128 e. The molecule has 1 N–H and O–H groups in total. The summed E-state index contributed by atoms with van der Waals surface area (Å²) in [6.07, 6.45) is 0. The lowest BCUT2D eigenvalue weighted by molar-refractivity contribution is 0.175. The molecule has 2 aromatic rings. The van der Waals surface area contributed by atoms with E-state index in [-0.39, 0.29) is 0 Å². The van der Waals surface area contributed by atoms with Crippen LogP contribution in [0, 0.1) is 5.41 Å². The van der Waals surface area contributed by atoms with E-state index in [9.17, 15) is 0 Å². The molecule has 0 aromatic heterocycles. The van der Waals surface area contributed by atoms with Crippen LogP contribution in [-0.4, -0.2) is 48.4 Å². The van der Waals surface area contributed by atoms with Gasteiger partial charge in [-0.25, -0.2) is 0 Å². The van der Waals surface area contributed by atoms with Gasteiger partial charge in [0.05, 0.1) is 0 Å². The van der Waals surface area contributed by atoms with Crippen molar-refractivity contribution in [1.82, 2.24) is 9.80 Å². The third kappa shape index (κ3) is 3.99. The van der Waals surface area contributed by atoms with Gasteiger partial charge in [0.1, 0.15) is 5.84 Å². The summed E-state index contributed by atoms with van der Waals surface area (Å²) in [5.41, 5.74) is 2.42. The fraction of sp³-hybridized carbons (Fsp3) is 0.350. The summed E-state index contributed by atoms with van der Waals surface area (Å²) >= 11 is 0. The average molecular weight is 307 g/mol. The third-order valence-electron chi connectivity index (χ3n) is 4.64. The maximum atomic E-state index is 8.37. The number of benzene rings is 2. The molecule has 0 radical (unpaired) electrons. The lowest BCUT2D eigenvalue weighted by Gasteiger charge is -2.37. The van der Waals surface area contributed by atoms with Gasteiger partial charge in [0.15, 0.2) is 0 Å². The molecule has 120 valence electrons. The fourth-order valence-electron chi connectivity index (χ4n) is 3.21. The first-order valence-electron chi connectivity index (χ1n) is 8.40. The van der Waals surface area contributed by atoms with Crippen LogP contribution >= 0.6 is 0 Å². The zero-order chi connectivity index (χ0) is 16.1. The highest BCUT2D eigenvalue weighted by Gasteiger charge is 2.21. The fourth-order valence-corrected chi connectivity index (χ4v) is 3.21. The van der Waals surface area contributed by atoms with Gasteiger partial charge >= 0.3 is 0 Å². The summed E-state index contributed by atoms with van der Waals surface area (Å²) in [5, 5.41) is 8.37. The van der Waals surface area contributed by atoms with Crippen LogP contribution in [0.2, 0.25) is 0 Å². The summed E-state index contributed by atoms with van der Waals surface area (Å²) in [7, 11) is 0. The quantitative estimate of drug-likeness (QED) is 0.693. The Kier molecular flexibility index (Phi) is 5.09. The summed E-state index contributed by atoms with van der Waals surface area (Å²) in [6, 6.07) is 20.8. The molecule has 1 aliphatic rings. The Morgan fingerprint density at radius 3 is 2.09 bits per heavy atom. The SMILES string of the molecule is CC(CN1CCN(C(=N)c2ccccc2)CC1)c1ccccc1. The molecule has 1 heterocycles. The third-order valence-corrected chi connectivity index (χ3v) is 4.64. The summed E-state index contributed by atoms with van der Waals surface area (Å²) in [6.45, 7) is 7.34. The van der Waals surface area contributed by atoms with Crippen molar-refractivity contribution in [2.24, 2.45) is 0 Å². The molecule has 3 heteroatoms. The molecular weight excluding hydrogens is 282 g/mol. The van der Waals surface area contributed by atoms with Crippen LogP contribution in [0.4, 0.5) is 0 Å². The maximum absolute atomic E-state index is 8.37. The van der Waals surface area contributed by atoms with Gasteiger partial charge in [0.2, 0.25) is 0 Å². The van der Waals surface area contributed by atoms with Gasteiger partial charge in [-0.2, -0.15) is 0 Å². The highest BCUT2D eigenvalue weighted by Crippen LogP contribution is 2.17. The Morgan fingerprint density at radius 2 is 1.48 bits per heavy atom. The highest BCUT2D eigenvalue weighted by molar-refractivity contribution is 5.96. The first-order chi connectivity index (χ1) is 11.2. The number of hydrogen-bond donors (Lipinski definition) is 1. The zero-order valence-electron chi connectivity index (χ0n) is 13.8. The first kappa shape index (κ1) is 15.8. The van der Waals surface area contributed by atoms with Crippen LogP contribution in [0.1, 0.15) is 24.0 Å². The van der Waals surface area contributed by atoms with Gasteiger partial charge in [-0.05, 0) is 11.5 Å². The lowest BCUT2D eigenvalue weighted by Crippen LogP contribution is -2.49. The van der Waals surface area contributed by atoms with E-state index in [4.69, 9.17) is 5.41 Å². The molecule has 0 saturated carbocycles. The first-order valence-corrected chi connectivity index (χ1v) is 8.40. The van der Waals surface area contributed by atoms with Crippen molar-refractivity contribution >= 4 is 5.84 Å². The van der Waals surface area contributed by atoms with Crippen LogP contribution in [0.25, 0.3) is 0 Å². The van der Waals surface area contributed by atoms with Crippen molar-refractivity contribution in [1.29, 1.82) is 5.41 Å². The van der Waals surface area contributed by atoms with Crippen LogP contribution < -0.4 is 0 Å². The van der Waals surface area contributed by atoms with Crippen molar-refractivity contribution in [3.05, 3.63) is 71.8 Å². The second-order valence-corrected chi connectivity index (χ2v) is 6.31. The second kappa shape index (κ2) is 7.42. The monoisotopic (exact) mass is 307 g/mol. The molecule has 0 aliphatic carbocycles. The molecule has 3 rings (SSSR count). The summed E-state index contributed by atoms with van der Waals surface area (Å²) in [5.74, 6) is 1.21. The van der Waals surface area contributed by atoms with Crippen molar-refractivity contribution in [3.8, 4) is 0 Å². The van der Waals surface area contributed by atoms with Crippen LogP contribution in [0.15, 0.2) is 60.7 Å². The van der Waals surface area contributed by atoms with Gasteiger partial charge in [0, 0.05) is 38.3 Å². The number of amidine groups is 1. The van der Waals surface area contributed by atoms with Crippen LogP contribution in [-0.2, 0) is 0 Å². The van der Waals surface area contributed by atoms with E-state index in [0.717, 1.165) is 38.3 Å². The van der Waals surface area contributed by atoms with Crippen LogP contribution in [0.3, 0.4) is 0 Å². The Hall–Kier alpha value is -2.13. The van der Waals surface area contributed by atoms with Crippen molar-refractivity contribution in [2.45, 2.75) is 12.8 Å². The van der Waals surface area contributed by atoms with Gasteiger partial charge in [-0.1, -0.05) is 67.6 Å². The number of rotatable bonds is 4. The Bertz CT molecular complexity index is 616. The Morgan fingerprint density at radius 1 is 0.913 bits per heavy atom. The number of hydrogen-bond acceptors (Lipinski definition) is 2. The lowest BCUT2D eigenvalue weighted by atomic mass is 10.0. The predicted octanol–water partition coefficient (Wildman–Crippen LogP) is 3.43. The molecule has 1 atom stereocenters. The summed E-state index contributed by atoms with van der Waals surface area (Å²) < 4.78 is 0. The van der Waals surface area contributed by atoms with E-state index in [2.05, 4.69) is 47.1 Å². The number of piperazine rings is 1. The molecule has 1 fully saturated rings. The number of nitrogens with one attached hydrogen (secondary N) is 1. The molecule has 3 nitrogen and oxygen atoms in total. The maximum Gasteiger partial charge on any atom is 0.128 e. The second-order valence-electron chi connectivity index (χ2n) is 6.31. The van der Waals surface area contributed by atoms with E-state index in [1.54, 1.807) is 0 Å². The van der Waals surface area contributed by atoms with E-state index in [1.165, 1.54) is 5.56 Å². The molecule has 23 heavy (non-hydrogen) atoms. The van der Waals surface area contributed by atoms with Crippen molar-refractivity contribution in [2.75, 3.05) is 32.7 Å². The minimum atomic E-state index is 0.552. The molecule has 2 aromatic carbocycles. The molecule has 1 saturated heterocycles. The van der Waals surface area contributed by atoms with Gasteiger partial charge in [0.25, 0.3) is 0 Å². The summed E-state index contributed by atoms with van der Waals surface area (Å²) in [4.78, 5) is 4.71. The standard InChI is InChI=1S/C20H25N3/c1-17(18-8-4-2-5-9-18)16-22-12-14-23(15-13-22)20(21)19-10-6-3-7-11-19/h2-11,17,21H,12-16H2,1H3. The number of nitrogens with zero attached hydrogens (tertiary/aromatic N) is 2. The van der Waals surface area contributed by atoms with Crippen molar-refractivity contribution in [3.63, 3.8) is 0 Å². The zero-order valence-corrected chi connectivity index (χ0v) is 13.8. The van der Waals surface area contributed by atoms with Gasteiger partial charge in [-0.15, -0.1) is 0 Å². The van der Waals surface area contributed by atoms with Crippen molar-refractivity contribution < 1.29 is 0 Å². The molecule has 0 spiro atoms. The van der Waals surface area contributed by atoms with E-state index >= 15 is 0 Å². The topological polar surface area (TPSA) is 30.3 Å². The van der Waals surface area contributed by atoms with Gasteiger partial charge < -0.3 is 4.90 Å². The Labute approximate surface area is 139 Å². The minimum absolute atomic E-state index is 0.552. The van der Waals surface area contributed by atoms with E-state index in [0.29, 0.717) is 11.8 Å². The minimum Gasteiger partial charge on any atom is -0.354 e. The molecule has 1 unspecified atom stereocenters. The molecular formula is C20H25N3. The largest absolute Gasteiger partial charge is 0.354 e.